The molecule has 0 saturated heterocycles. The standard InChI is InChI=1S/C17H18O3/c1-3-11-19-16-6-4-5-14(12-16)17(18)20-15-9-7-13(2)8-10-15/h4-10,12H,3,11H2,1-2H3. The Balaban J connectivity index is 2.06. The summed E-state index contributed by atoms with van der Waals surface area (Å²) in [5.41, 5.74) is 1.61. The van der Waals surface area contributed by atoms with Crippen LogP contribution < -0.4 is 9.47 Å². The van der Waals surface area contributed by atoms with E-state index < -0.39 is 0 Å². The maximum absolute atomic E-state index is 12.0. The lowest BCUT2D eigenvalue weighted by Gasteiger charge is -2.07. The monoisotopic (exact) mass is 270 g/mol. The van der Waals surface area contributed by atoms with E-state index in [1.807, 2.05) is 32.0 Å². The van der Waals surface area contributed by atoms with Gasteiger partial charge in [0.25, 0.3) is 0 Å². The van der Waals surface area contributed by atoms with Gasteiger partial charge in [0.2, 0.25) is 0 Å². The van der Waals surface area contributed by atoms with Crippen LogP contribution in [0.25, 0.3) is 0 Å². The molecule has 2 aromatic carbocycles. The fraction of sp³-hybridized carbons (Fsp3) is 0.235. The van der Waals surface area contributed by atoms with E-state index in [9.17, 15) is 4.79 Å². The van der Waals surface area contributed by atoms with Crippen LogP contribution >= 0.6 is 0 Å². The minimum Gasteiger partial charge on any atom is -0.494 e. The summed E-state index contributed by atoms with van der Waals surface area (Å²) in [5, 5.41) is 0. The number of aryl methyl sites for hydroxylation is 1. The Morgan fingerprint density at radius 3 is 2.50 bits per heavy atom. The van der Waals surface area contributed by atoms with Crippen molar-refractivity contribution in [2.24, 2.45) is 0 Å². The number of hydrogen-bond donors (Lipinski definition) is 0. The predicted octanol–water partition coefficient (Wildman–Crippen LogP) is 4.00. The number of ether oxygens (including phenoxy) is 2. The van der Waals surface area contributed by atoms with Gasteiger partial charge in [0.15, 0.2) is 0 Å². The molecule has 0 N–H and O–H groups in total. The molecule has 0 spiro atoms. The predicted molar refractivity (Wildman–Crippen MR) is 78.4 cm³/mol. The first-order valence-corrected chi connectivity index (χ1v) is 6.71. The number of benzene rings is 2. The van der Waals surface area contributed by atoms with Gasteiger partial charge in [-0.3, -0.25) is 0 Å². The van der Waals surface area contributed by atoms with Crippen LogP contribution in [0.5, 0.6) is 11.5 Å². The van der Waals surface area contributed by atoms with Crippen LogP contribution in [0.2, 0.25) is 0 Å². The number of esters is 1. The molecule has 3 nitrogen and oxygen atoms in total. The molecule has 0 bridgehead atoms. The summed E-state index contributed by atoms with van der Waals surface area (Å²) in [7, 11) is 0. The Morgan fingerprint density at radius 1 is 1.05 bits per heavy atom. The lowest BCUT2D eigenvalue weighted by atomic mass is 10.2. The van der Waals surface area contributed by atoms with E-state index in [0.717, 1.165) is 12.0 Å². The van der Waals surface area contributed by atoms with Crippen molar-refractivity contribution in [2.75, 3.05) is 6.61 Å². The second-order valence-corrected chi connectivity index (χ2v) is 4.58. The van der Waals surface area contributed by atoms with Crippen molar-refractivity contribution in [2.45, 2.75) is 20.3 Å². The summed E-state index contributed by atoms with van der Waals surface area (Å²) in [6, 6.07) is 14.4. The molecule has 2 rings (SSSR count). The van der Waals surface area contributed by atoms with Crippen molar-refractivity contribution in [1.82, 2.24) is 0 Å². The molecule has 104 valence electrons. The summed E-state index contributed by atoms with van der Waals surface area (Å²) in [6.45, 7) is 4.66. The maximum Gasteiger partial charge on any atom is 0.343 e. The highest BCUT2D eigenvalue weighted by atomic mass is 16.5. The van der Waals surface area contributed by atoms with E-state index in [0.29, 0.717) is 23.7 Å². The highest BCUT2D eigenvalue weighted by molar-refractivity contribution is 5.91. The zero-order valence-electron chi connectivity index (χ0n) is 11.8. The Labute approximate surface area is 119 Å². The van der Waals surface area contributed by atoms with Gasteiger partial charge in [-0.05, 0) is 43.7 Å². The summed E-state index contributed by atoms with van der Waals surface area (Å²) in [5.74, 6) is 0.849. The van der Waals surface area contributed by atoms with Gasteiger partial charge in [0.1, 0.15) is 11.5 Å². The molecule has 0 aromatic heterocycles. The molecular weight excluding hydrogens is 252 g/mol. The van der Waals surface area contributed by atoms with Gasteiger partial charge >= 0.3 is 5.97 Å². The van der Waals surface area contributed by atoms with E-state index in [4.69, 9.17) is 9.47 Å². The normalized spacial score (nSPS) is 10.1. The smallest absolute Gasteiger partial charge is 0.343 e. The van der Waals surface area contributed by atoms with Gasteiger partial charge in [-0.15, -0.1) is 0 Å². The van der Waals surface area contributed by atoms with E-state index in [-0.39, 0.29) is 5.97 Å². The minimum atomic E-state index is -0.379. The van der Waals surface area contributed by atoms with E-state index in [1.165, 1.54) is 0 Å². The number of hydrogen-bond acceptors (Lipinski definition) is 3. The summed E-state index contributed by atoms with van der Waals surface area (Å²) in [6.07, 6.45) is 0.929. The maximum atomic E-state index is 12.0. The lowest BCUT2D eigenvalue weighted by Crippen LogP contribution is -2.08. The first kappa shape index (κ1) is 14.1. The molecule has 0 heterocycles. The quantitative estimate of drug-likeness (QED) is 0.608. The number of carbonyl (C=O) groups excluding carboxylic acids is 1. The Morgan fingerprint density at radius 2 is 1.80 bits per heavy atom. The largest absolute Gasteiger partial charge is 0.494 e. The molecule has 0 amide bonds. The van der Waals surface area contributed by atoms with E-state index in [2.05, 4.69) is 0 Å². The molecule has 2 aromatic rings. The Hall–Kier alpha value is -2.29. The van der Waals surface area contributed by atoms with Crippen molar-refractivity contribution < 1.29 is 14.3 Å². The van der Waals surface area contributed by atoms with E-state index >= 15 is 0 Å². The zero-order valence-corrected chi connectivity index (χ0v) is 11.8. The van der Waals surface area contributed by atoms with Crippen molar-refractivity contribution in [1.29, 1.82) is 0 Å². The molecule has 0 fully saturated rings. The summed E-state index contributed by atoms with van der Waals surface area (Å²) < 4.78 is 10.8. The Kier molecular flexibility index (Phi) is 4.77. The fourth-order valence-electron chi connectivity index (χ4n) is 1.71. The third-order valence-corrected chi connectivity index (χ3v) is 2.77. The van der Waals surface area contributed by atoms with Crippen LogP contribution in [-0.4, -0.2) is 12.6 Å². The number of rotatable bonds is 5. The van der Waals surface area contributed by atoms with Gasteiger partial charge in [-0.25, -0.2) is 4.79 Å². The van der Waals surface area contributed by atoms with Gasteiger partial charge in [0, 0.05) is 0 Å². The molecule has 0 aliphatic heterocycles. The second-order valence-electron chi connectivity index (χ2n) is 4.58. The van der Waals surface area contributed by atoms with Crippen LogP contribution in [0, 0.1) is 6.92 Å². The topological polar surface area (TPSA) is 35.5 Å². The third-order valence-electron chi connectivity index (χ3n) is 2.77. The van der Waals surface area contributed by atoms with Crippen molar-refractivity contribution in [3.63, 3.8) is 0 Å². The average Bonchev–Trinajstić information content (AvgIpc) is 2.48. The second kappa shape index (κ2) is 6.75. The molecule has 20 heavy (non-hydrogen) atoms. The first-order valence-electron chi connectivity index (χ1n) is 6.71. The van der Waals surface area contributed by atoms with Gasteiger partial charge in [0.05, 0.1) is 12.2 Å². The molecule has 3 heteroatoms. The highest BCUT2D eigenvalue weighted by Gasteiger charge is 2.09. The fourth-order valence-corrected chi connectivity index (χ4v) is 1.71. The molecule has 0 atom stereocenters. The molecule has 0 radical (unpaired) electrons. The van der Waals surface area contributed by atoms with Crippen LogP contribution in [0.15, 0.2) is 48.5 Å². The molecule has 0 aliphatic rings. The highest BCUT2D eigenvalue weighted by Crippen LogP contribution is 2.17. The Bertz CT molecular complexity index is 573. The average molecular weight is 270 g/mol. The summed E-state index contributed by atoms with van der Waals surface area (Å²) in [4.78, 5) is 12.0. The van der Waals surface area contributed by atoms with Gasteiger partial charge in [-0.2, -0.15) is 0 Å². The molecule has 0 unspecified atom stereocenters. The van der Waals surface area contributed by atoms with Crippen LogP contribution in [0.1, 0.15) is 29.3 Å². The van der Waals surface area contributed by atoms with Crippen molar-refractivity contribution in [3.8, 4) is 11.5 Å². The molecule has 0 saturated carbocycles. The van der Waals surface area contributed by atoms with Gasteiger partial charge < -0.3 is 9.47 Å². The molecule has 0 aliphatic carbocycles. The van der Waals surface area contributed by atoms with Crippen LogP contribution in [0.4, 0.5) is 0 Å². The van der Waals surface area contributed by atoms with Crippen LogP contribution in [0.3, 0.4) is 0 Å². The van der Waals surface area contributed by atoms with Gasteiger partial charge in [-0.1, -0.05) is 30.7 Å². The summed E-state index contributed by atoms with van der Waals surface area (Å²) >= 11 is 0. The van der Waals surface area contributed by atoms with Crippen LogP contribution in [-0.2, 0) is 0 Å². The lowest BCUT2D eigenvalue weighted by molar-refractivity contribution is 0.0734. The first-order chi connectivity index (χ1) is 9.69. The minimum absolute atomic E-state index is 0.379. The zero-order chi connectivity index (χ0) is 14.4. The SMILES string of the molecule is CCCOc1cccc(C(=O)Oc2ccc(C)cc2)c1. The third kappa shape index (κ3) is 3.85. The van der Waals surface area contributed by atoms with E-state index in [1.54, 1.807) is 30.3 Å². The molecular formula is C17H18O3. The van der Waals surface area contributed by atoms with Crippen molar-refractivity contribution >= 4 is 5.97 Å². The van der Waals surface area contributed by atoms with Crippen molar-refractivity contribution in [3.05, 3.63) is 59.7 Å². The number of carbonyl (C=O) groups is 1.